The van der Waals surface area contributed by atoms with Crippen LogP contribution in [0.4, 0.5) is 4.39 Å². The normalized spacial score (nSPS) is 19.2. The molecule has 2 aromatic carbocycles. The van der Waals surface area contributed by atoms with E-state index in [9.17, 15) is 9.18 Å². The molecule has 1 unspecified atom stereocenters. The molecule has 4 nitrogen and oxygen atoms in total. The molecular weight excluding hydrogens is 378 g/mol. The predicted molar refractivity (Wildman–Crippen MR) is 103 cm³/mol. The van der Waals surface area contributed by atoms with Gasteiger partial charge in [-0.3, -0.25) is 4.79 Å². The smallest absolute Gasteiger partial charge is 0.257 e. The fraction of sp³-hybridized carbons (Fsp3) is 0.316. The Hall–Kier alpha value is -1.82. The summed E-state index contributed by atoms with van der Waals surface area (Å²) >= 11 is 6.08. The molecule has 1 aliphatic heterocycles. The van der Waals surface area contributed by atoms with Gasteiger partial charge in [-0.05, 0) is 60.8 Å². The first-order chi connectivity index (χ1) is 11.9. The summed E-state index contributed by atoms with van der Waals surface area (Å²) < 4.78 is 18.8. The van der Waals surface area contributed by atoms with E-state index in [1.165, 1.54) is 24.3 Å². The van der Waals surface area contributed by atoms with Crippen molar-refractivity contribution in [3.05, 3.63) is 58.9 Å². The van der Waals surface area contributed by atoms with E-state index >= 15 is 0 Å². The van der Waals surface area contributed by atoms with Gasteiger partial charge < -0.3 is 15.4 Å². The van der Waals surface area contributed by atoms with E-state index in [4.69, 9.17) is 22.1 Å². The van der Waals surface area contributed by atoms with Gasteiger partial charge in [-0.1, -0.05) is 18.5 Å². The predicted octanol–water partition coefficient (Wildman–Crippen LogP) is 4.50. The summed E-state index contributed by atoms with van der Waals surface area (Å²) in [6.45, 7) is 3.86. The minimum absolute atomic E-state index is 0. The van der Waals surface area contributed by atoms with E-state index in [2.05, 4.69) is 6.92 Å². The maximum Gasteiger partial charge on any atom is 0.257 e. The summed E-state index contributed by atoms with van der Waals surface area (Å²) in [6.07, 6.45) is 0.865. The number of rotatable bonds is 4. The van der Waals surface area contributed by atoms with Gasteiger partial charge in [0, 0.05) is 18.1 Å². The lowest BCUT2D eigenvalue weighted by molar-refractivity contribution is 0.0774. The molecule has 7 heteroatoms. The molecule has 140 valence electrons. The highest BCUT2D eigenvalue weighted by molar-refractivity contribution is 6.31. The first-order valence-corrected chi connectivity index (χ1v) is 8.50. The van der Waals surface area contributed by atoms with E-state index in [0.29, 0.717) is 41.7 Å². The summed E-state index contributed by atoms with van der Waals surface area (Å²) in [5, 5.41) is 0.454. The fourth-order valence-corrected chi connectivity index (χ4v) is 3.09. The van der Waals surface area contributed by atoms with Gasteiger partial charge in [0.1, 0.15) is 17.3 Å². The summed E-state index contributed by atoms with van der Waals surface area (Å²) in [4.78, 5) is 14.7. The lowest BCUT2D eigenvalue weighted by Gasteiger charge is -2.23. The third-order valence-electron chi connectivity index (χ3n) is 4.55. The van der Waals surface area contributed by atoms with Crippen LogP contribution in [0.2, 0.25) is 5.02 Å². The van der Waals surface area contributed by atoms with Crippen LogP contribution < -0.4 is 10.5 Å². The van der Waals surface area contributed by atoms with Crippen molar-refractivity contribution in [1.82, 2.24) is 4.90 Å². The van der Waals surface area contributed by atoms with Crippen molar-refractivity contribution in [1.29, 1.82) is 0 Å². The first kappa shape index (κ1) is 20.5. The number of hydrogen-bond acceptors (Lipinski definition) is 3. The van der Waals surface area contributed by atoms with Crippen LogP contribution in [0.1, 0.15) is 23.7 Å². The van der Waals surface area contributed by atoms with Crippen LogP contribution in [0.25, 0.3) is 0 Å². The van der Waals surface area contributed by atoms with Gasteiger partial charge >= 0.3 is 0 Å². The molecule has 1 heterocycles. The van der Waals surface area contributed by atoms with Crippen LogP contribution in [0.5, 0.6) is 11.5 Å². The number of carbonyl (C=O) groups is 1. The van der Waals surface area contributed by atoms with Crippen LogP contribution in [0.15, 0.2) is 42.5 Å². The number of likely N-dealkylation sites (tertiary alicyclic amines) is 1. The highest BCUT2D eigenvalue weighted by Gasteiger charge is 2.36. The lowest BCUT2D eigenvalue weighted by atomic mass is 9.90. The molecule has 3 rings (SSSR count). The minimum Gasteiger partial charge on any atom is -0.457 e. The standard InChI is InChI=1S/C19H20ClFN2O2.ClH/c1-19(11-22)8-9-23(12-19)18(24)16-10-13(20)2-7-17(16)25-15-5-3-14(21)4-6-15;/h2-7,10H,8-9,11-12,22H2,1H3;1H. The topological polar surface area (TPSA) is 55.6 Å². The van der Waals surface area contributed by atoms with Gasteiger partial charge in [0.15, 0.2) is 0 Å². The highest BCUT2D eigenvalue weighted by Crippen LogP contribution is 2.33. The Bertz CT molecular complexity index is 786. The Morgan fingerprint density at radius 1 is 1.31 bits per heavy atom. The molecule has 1 saturated heterocycles. The molecule has 1 fully saturated rings. The number of hydrogen-bond donors (Lipinski definition) is 1. The van der Waals surface area contributed by atoms with E-state index in [0.717, 1.165) is 6.42 Å². The highest BCUT2D eigenvalue weighted by atomic mass is 35.5. The maximum atomic E-state index is 13.1. The summed E-state index contributed by atoms with van der Waals surface area (Å²) in [5.41, 5.74) is 6.15. The number of carbonyl (C=O) groups excluding carboxylic acids is 1. The number of benzene rings is 2. The summed E-state index contributed by atoms with van der Waals surface area (Å²) in [6, 6.07) is 10.5. The van der Waals surface area contributed by atoms with Gasteiger partial charge in [0.05, 0.1) is 5.56 Å². The third kappa shape index (κ3) is 4.47. The maximum absolute atomic E-state index is 13.1. The van der Waals surface area contributed by atoms with Crippen LogP contribution in [0.3, 0.4) is 0 Å². The molecule has 0 spiro atoms. The second-order valence-electron chi connectivity index (χ2n) is 6.69. The van der Waals surface area contributed by atoms with Crippen LogP contribution in [-0.4, -0.2) is 30.4 Å². The van der Waals surface area contributed by atoms with Crippen molar-refractivity contribution in [2.24, 2.45) is 11.1 Å². The number of nitrogens with two attached hydrogens (primary N) is 1. The lowest BCUT2D eigenvalue weighted by Crippen LogP contribution is -2.34. The largest absolute Gasteiger partial charge is 0.457 e. The van der Waals surface area contributed by atoms with Gasteiger partial charge in [-0.25, -0.2) is 4.39 Å². The molecule has 2 N–H and O–H groups in total. The van der Waals surface area contributed by atoms with Crippen molar-refractivity contribution in [2.75, 3.05) is 19.6 Å². The molecule has 26 heavy (non-hydrogen) atoms. The zero-order valence-electron chi connectivity index (χ0n) is 14.4. The van der Waals surface area contributed by atoms with Crippen LogP contribution in [-0.2, 0) is 0 Å². The second-order valence-corrected chi connectivity index (χ2v) is 7.12. The summed E-state index contributed by atoms with van der Waals surface area (Å²) in [5.74, 6) is 0.350. The van der Waals surface area contributed by atoms with Gasteiger partial charge in [0.2, 0.25) is 0 Å². The monoisotopic (exact) mass is 398 g/mol. The average molecular weight is 399 g/mol. The average Bonchev–Trinajstić information content (AvgIpc) is 3.01. The van der Waals surface area contributed by atoms with Gasteiger partial charge in [-0.2, -0.15) is 0 Å². The number of ether oxygens (including phenoxy) is 1. The molecule has 1 aliphatic rings. The van der Waals surface area contributed by atoms with Gasteiger partial charge in [0.25, 0.3) is 5.91 Å². The SMILES string of the molecule is CC1(CN)CCN(C(=O)c2cc(Cl)ccc2Oc2ccc(F)cc2)C1.Cl. The molecule has 0 bridgehead atoms. The van der Waals surface area contributed by atoms with Crippen molar-refractivity contribution < 1.29 is 13.9 Å². The van der Waals surface area contributed by atoms with E-state index in [1.54, 1.807) is 23.1 Å². The Morgan fingerprint density at radius 2 is 2.00 bits per heavy atom. The Kier molecular flexibility index (Phi) is 6.50. The van der Waals surface area contributed by atoms with E-state index in [1.807, 2.05) is 0 Å². The van der Waals surface area contributed by atoms with E-state index in [-0.39, 0.29) is 29.5 Å². The fourth-order valence-electron chi connectivity index (χ4n) is 2.92. The molecule has 0 aliphatic carbocycles. The Morgan fingerprint density at radius 3 is 2.62 bits per heavy atom. The first-order valence-electron chi connectivity index (χ1n) is 8.12. The molecular formula is C19H21Cl2FN2O2. The quantitative estimate of drug-likeness (QED) is 0.824. The molecule has 1 amide bonds. The molecule has 0 aromatic heterocycles. The Labute approximate surface area is 163 Å². The van der Waals surface area contributed by atoms with Crippen LogP contribution in [0, 0.1) is 11.2 Å². The summed E-state index contributed by atoms with van der Waals surface area (Å²) in [7, 11) is 0. The second kappa shape index (κ2) is 8.25. The van der Waals surface area contributed by atoms with Gasteiger partial charge in [-0.15, -0.1) is 12.4 Å². The number of halogens is 3. The number of nitrogens with zero attached hydrogens (tertiary/aromatic N) is 1. The van der Waals surface area contributed by atoms with Crippen molar-refractivity contribution >= 4 is 29.9 Å². The number of amides is 1. The van der Waals surface area contributed by atoms with Crippen LogP contribution >= 0.6 is 24.0 Å². The molecule has 2 aromatic rings. The zero-order chi connectivity index (χ0) is 18.0. The van der Waals surface area contributed by atoms with Crippen molar-refractivity contribution in [3.8, 4) is 11.5 Å². The zero-order valence-corrected chi connectivity index (χ0v) is 15.9. The van der Waals surface area contributed by atoms with E-state index < -0.39 is 0 Å². The van der Waals surface area contributed by atoms with Crippen molar-refractivity contribution in [3.63, 3.8) is 0 Å². The van der Waals surface area contributed by atoms with Crippen molar-refractivity contribution in [2.45, 2.75) is 13.3 Å². The third-order valence-corrected chi connectivity index (χ3v) is 4.79. The minimum atomic E-state index is -0.349. The molecule has 0 saturated carbocycles. The Balaban J connectivity index is 0.00000243. The molecule has 1 atom stereocenters. The molecule has 0 radical (unpaired) electrons.